The lowest BCUT2D eigenvalue weighted by Crippen LogP contribution is -2.29. The van der Waals surface area contributed by atoms with E-state index in [9.17, 15) is 14.9 Å². The molecule has 2 aromatic carbocycles. The van der Waals surface area contributed by atoms with Gasteiger partial charge in [0.1, 0.15) is 5.69 Å². The van der Waals surface area contributed by atoms with Crippen molar-refractivity contribution in [1.29, 1.82) is 0 Å². The molecule has 6 nitrogen and oxygen atoms in total. The third-order valence-corrected chi connectivity index (χ3v) is 5.26. The molecule has 1 N–H and O–H groups in total. The first-order valence-electron chi connectivity index (χ1n) is 8.49. The number of hydrogen-bond acceptors (Lipinski definition) is 5. The molecule has 26 heavy (non-hydrogen) atoms. The van der Waals surface area contributed by atoms with E-state index in [0.717, 1.165) is 17.5 Å². The summed E-state index contributed by atoms with van der Waals surface area (Å²) in [5.41, 5.74) is 3.14. The number of hydrogen-bond donors (Lipinski definition) is 1. The second-order valence-electron chi connectivity index (χ2n) is 6.59. The SMILES string of the molecule is COC(=O)c1ccc([C@H]2Nc3c(cccc3[N+](=O)[O-])[C@@H]3C=CC[C@H]23)cc1. The van der Waals surface area contributed by atoms with E-state index in [1.807, 2.05) is 18.2 Å². The fraction of sp³-hybridized carbons (Fsp3) is 0.250. The Morgan fingerprint density at radius 3 is 2.69 bits per heavy atom. The van der Waals surface area contributed by atoms with Crippen molar-refractivity contribution in [3.63, 3.8) is 0 Å². The van der Waals surface area contributed by atoms with E-state index in [0.29, 0.717) is 11.3 Å². The van der Waals surface area contributed by atoms with Crippen LogP contribution in [0.15, 0.2) is 54.6 Å². The lowest BCUT2D eigenvalue weighted by molar-refractivity contribution is -0.384. The van der Waals surface area contributed by atoms with Gasteiger partial charge in [0, 0.05) is 12.0 Å². The molecule has 0 unspecified atom stereocenters. The molecule has 2 aliphatic rings. The molecular formula is C20H18N2O4. The average Bonchev–Trinajstić information content (AvgIpc) is 3.16. The van der Waals surface area contributed by atoms with Gasteiger partial charge in [-0.2, -0.15) is 0 Å². The summed E-state index contributed by atoms with van der Waals surface area (Å²) >= 11 is 0. The van der Waals surface area contributed by atoms with E-state index < -0.39 is 0 Å². The lowest BCUT2D eigenvalue weighted by Gasteiger charge is -2.37. The van der Waals surface area contributed by atoms with Crippen molar-refractivity contribution in [2.24, 2.45) is 5.92 Å². The van der Waals surface area contributed by atoms with Crippen molar-refractivity contribution >= 4 is 17.3 Å². The van der Waals surface area contributed by atoms with Gasteiger partial charge >= 0.3 is 5.97 Å². The summed E-state index contributed by atoms with van der Waals surface area (Å²) in [5, 5.41) is 14.9. The molecule has 1 aliphatic carbocycles. The van der Waals surface area contributed by atoms with Crippen LogP contribution in [0.4, 0.5) is 11.4 Å². The molecule has 6 heteroatoms. The number of nitro benzene ring substituents is 1. The predicted molar refractivity (Wildman–Crippen MR) is 97.2 cm³/mol. The van der Waals surface area contributed by atoms with E-state index in [1.165, 1.54) is 13.2 Å². The van der Waals surface area contributed by atoms with Crippen LogP contribution in [0.3, 0.4) is 0 Å². The van der Waals surface area contributed by atoms with E-state index in [4.69, 9.17) is 4.74 Å². The van der Waals surface area contributed by atoms with Crippen LogP contribution in [-0.2, 0) is 4.74 Å². The highest BCUT2D eigenvalue weighted by Crippen LogP contribution is 2.51. The number of para-hydroxylation sites is 1. The van der Waals surface area contributed by atoms with Crippen molar-refractivity contribution in [1.82, 2.24) is 0 Å². The van der Waals surface area contributed by atoms with Gasteiger partial charge in [-0.25, -0.2) is 4.79 Å². The van der Waals surface area contributed by atoms with Crippen molar-refractivity contribution in [3.05, 3.63) is 81.4 Å². The number of carbonyl (C=O) groups excluding carboxylic acids is 1. The Morgan fingerprint density at radius 1 is 1.23 bits per heavy atom. The van der Waals surface area contributed by atoms with Crippen LogP contribution >= 0.6 is 0 Å². The van der Waals surface area contributed by atoms with Crippen LogP contribution in [0.2, 0.25) is 0 Å². The zero-order chi connectivity index (χ0) is 18.3. The van der Waals surface area contributed by atoms with E-state index in [-0.39, 0.29) is 34.5 Å². The summed E-state index contributed by atoms with van der Waals surface area (Å²) in [6, 6.07) is 12.4. The number of methoxy groups -OCH3 is 1. The van der Waals surface area contributed by atoms with Crippen molar-refractivity contribution in [2.45, 2.75) is 18.4 Å². The Bertz CT molecular complexity index is 905. The van der Waals surface area contributed by atoms with Gasteiger partial charge in [0.15, 0.2) is 0 Å². The Hall–Kier alpha value is -3.15. The number of nitro groups is 1. The fourth-order valence-corrected chi connectivity index (χ4v) is 4.03. The van der Waals surface area contributed by atoms with Gasteiger partial charge in [-0.05, 0) is 35.6 Å². The molecule has 0 spiro atoms. The first kappa shape index (κ1) is 16.3. The minimum absolute atomic E-state index is 0.0599. The van der Waals surface area contributed by atoms with Gasteiger partial charge in [-0.1, -0.05) is 36.4 Å². The summed E-state index contributed by atoms with van der Waals surface area (Å²) in [7, 11) is 1.35. The van der Waals surface area contributed by atoms with Crippen molar-refractivity contribution < 1.29 is 14.5 Å². The number of allylic oxidation sites excluding steroid dienone is 2. The topological polar surface area (TPSA) is 81.5 Å². The first-order chi connectivity index (χ1) is 12.6. The summed E-state index contributed by atoms with van der Waals surface area (Å²) in [4.78, 5) is 22.8. The maximum atomic E-state index is 11.6. The minimum atomic E-state index is -0.380. The van der Waals surface area contributed by atoms with Gasteiger partial charge in [-0.3, -0.25) is 10.1 Å². The Balaban J connectivity index is 1.75. The number of nitrogens with one attached hydrogen (secondary N) is 1. The van der Waals surface area contributed by atoms with Crippen LogP contribution in [0.5, 0.6) is 0 Å². The van der Waals surface area contributed by atoms with Crippen molar-refractivity contribution in [3.8, 4) is 0 Å². The fourth-order valence-electron chi connectivity index (χ4n) is 4.03. The maximum Gasteiger partial charge on any atom is 0.337 e. The molecule has 0 saturated heterocycles. The summed E-state index contributed by atoms with van der Waals surface area (Å²) in [6.07, 6.45) is 5.19. The van der Waals surface area contributed by atoms with Crippen LogP contribution < -0.4 is 5.32 Å². The molecule has 2 aromatic rings. The molecule has 132 valence electrons. The molecule has 0 amide bonds. The number of ether oxygens (including phenoxy) is 1. The van der Waals surface area contributed by atoms with Gasteiger partial charge in [0.05, 0.1) is 23.6 Å². The number of carbonyl (C=O) groups is 1. The van der Waals surface area contributed by atoms with Gasteiger partial charge in [-0.15, -0.1) is 0 Å². The third-order valence-electron chi connectivity index (χ3n) is 5.26. The molecule has 3 atom stereocenters. The van der Waals surface area contributed by atoms with Gasteiger partial charge in [0.25, 0.3) is 5.69 Å². The Labute approximate surface area is 150 Å². The van der Waals surface area contributed by atoms with Crippen LogP contribution in [0.1, 0.15) is 39.9 Å². The molecule has 0 aromatic heterocycles. The van der Waals surface area contributed by atoms with E-state index in [1.54, 1.807) is 18.2 Å². The number of anilines is 1. The standard InChI is InChI=1S/C20H18N2O4/c1-26-20(23)13-10-8-12(9-11-13)18-15-5-2-4-14(15)16-6-3-7-17(22(24)25)19(16)21-18/h2-4,6-11,14-15,18,21H,5H2,1H3/t14-,15+,18-/m1/s1. The Morgan fingerprint density at radius 2 is 2.00 bits per heavy atom. The molecule has 0 fully saturated rings. The van der Waals surface area contributed by atoms with Crippen molar-refractivity contribution in [2.75, 3.05) is 12.4 Å². The lowest BCUT2D eigenvalue weighted by atomic mass is 9.76. The maximum absolute atomic E-state index is 11.6. The summed E-state index contributed by atoms with van der Waals surface area (Å²) in [6.45, 7) is 0. The summed E-state index contributed by atoms with van der Waals surface area (Å²) < 4.78 is 4.74. The van der Waals surface area contributed by atoms with Crippen LogP contribution in [-0.4, -0.2) is 18.0 Å². The molecule has 1 aliphatic heterocycles. The second-order valence-corrected chi connectivity index (χ2v) is 6.59. The average molecular weight is 350 g/mol. The molecule has 0 saturated carbocycles. The largest absolute Gasteiger partial charge is 0.465 e. The molecule has 0 radical (unpaired) electrons. The zero-order valence-electron chi connectivity index (χ0n) is 14.2. The zero-order valence-corrected chi connectivity index (χ0v) is 14.2. The highest BCUT2D eigenvalue weighted by molar-refractivity contribution is 5.89. The first-order valence-corrected chi connectivity index (χ1v) is 8.49. The number of fused-ring (bicyclic) bond motifs is 3. The normalized spacial score (nSPS) is 22.9. The number of esters is 1. The van der Waals surface area contributed by atoms with E-state index >= 15 is 0 Å². The van der Waals surface area contributed by atoms with E-state index in [2.05, 4.69) is 17.5 Å². The number of nitrogens with zero attached hydrogens (tertiary/aromatic N) is 1. The monoisotopic (exact) mass is 350 g/mol. The smallest absolute Gasteiger partial charge is 0.337 e. The molecular weight excluding hydrogens is 332 g/mol. The highest BCUT2D eigenvalue weighted by atomic mass is 16.6. The van der Waals surface area contributed by atoms with Crippen LogP contribution in [0, 0.1) is 16.0 Å². The Kier molecular flexibility index (Phi) is 3.95. The van der Waals surface area contributed by atoms with Crippen LogP contribution in [0.25, 0.3) is 0 Å². The predicted octanol–water partition coefficient (Wildman–Crippen LogP) is 4.21. The third kappa shape index (κ3) is 2.54. The number of benzene rings is 2. The summed E-state index contributed by atoms with van der Waals surface area (Å²) in [5.74, 6) is 0.0551. The number of rotatable bonds is 3. The van der Waals surface area contributed by atoms with Gasteiger partial charge < -0.3 is 10.1 Å². The second kappa shape index (κ2) is 6.29. The quantitative estimate of drug-likeness (QED) is 0.388. The molecule has 0 bridgehead atoms. The van der Waals surface area contributed by atoms with Gasteiger partial charge in [0.2, 0.25) is 0 Å². The molecule has 4 rings (SSSR count). The highest BCUT2D eigenvalue weighted by Gasteiger charge is 2.40. The minimum Gasteiger partial charge on any atom is -0.465 e. The molecule has 1 heterocycles.